The van der Waals surface area contributed by atoms with Gasteiger partial charge < -0.3 is 20.8 Å². The molecule has 2 rings (SSSR count). The topological polar surface area (TPSA) is 88.1 Å². The molecule has 5 nitrogen and oxygen atoms in total. The SMILES string of the molecule is N/C(=N/O)c1c(Br)cccc1Oc1ccc(CCO)cc1. The first-order valence-corrected chi connectivity index (χ1v) is 7.09. The van der Waals surface area contributed by atoms with Gasteiger partial charge in [-0.05, 0) is 52.2 Å². The molecule has 0 unspecified atom stereocenters. The van der Waals surface area contributed by atoms with Gasteiger partial charge in [0, 0.05) is 11.1 Å². The van der Waals surface area contributed by atoms with E-state index >= 15 is 0 Å². The van der Waals surface area contributed by atoms with Gasteiger partial charge in [0.2, 0.25) is 0 Å². The number of oxime groups is 1. The van der Waals surface area contributed by atoms with Gasteiger partial charge in [-0.2, -0.15) is 0 Å². The molecule has 0 aromatic heterocycles. The maximum Gasteiger partial charge on any atom is 0.175 e. The monoisotopic (exact) mass is 350 g/mol. The lowest BCUT2D eigenvalue weighted by Gasteiger charge is -2.12. The zero-order valence-electron chi connectivity index (χ0n) is 11.2. The van der Waals surface area contributed by atoms with Crippen molar-refractivity contribution in [2.75, 3.05) is 6.61 Å². The second-order valence-corrected chi connectivity index (χ2v) is 5.17. The third-order valence-corrected chi connectivity index (χ3v) is 3.55. The minimum atomic E-state index is -0.0330. The van der Waals surface area contributed by atoms with Crippen molar-refractivity contribution in [2.45, 2.75) is 6.42 Å². The van der Waals surface area contributed by atoms with E-state index in [4.69, 9.17) is 20.8 Å². The highest BCUT2D eigenvalue weighted by atomic mass is 79.9. The van der Waals surface area contributed by atoms with Gasteiger partial charge in [0.05, 0.1) is 5.56 Å². The molecule has 4 N–H and O–H groups in total. The number of benzene rings is 2. The maximum atomic E-state index is 8.89. The first kappa shape index (κ1) is 15.3. The highest BCUT2D eigenvalue weighted by Crippen LogP contribution is 2.30. The van der Waals surface area contributed by atoms with Gasteiger partial charge in [-0.3, -0.25) is 0 Å². The fourth-order valence-electron chi connectivity index (χ4n) is 1.87. The summed E-state index contributed by atoms with van der Waals surface area (Å²) >= 11 is 3.35. The van der Waals surface area contributed by atoms with Crippen LogP contribution in [0.1, 0.15) is 11.1 Å². The molecule has 0 aliphatic rings. The fourth-order valence-corrected chi connectivity index (χ4v) is 2.42. The van der Waals surface area contributed by atoms with Crippen LogP contribution in [0.5, 0.6) is 11.5 Å². The minimum Gasteiger partial charge on any atom is -0.457 e. The van der Waals surface area contributed by atoms with E-state index < -0.39 is 0 Å². The van der Waals surface area contributed by atoms with Crippen molar-refractivity contribution in [2.24, 2.45) is 10.9 Å². The van der Waals surface area contributed by atoms with Crippen molar-refractivity contribution in [3.63, 3.8) is 0 Å². The Balaban J connectivity index is 2.29. The number of hydrogen-bond donors (Lipinski definition) is 3. The summed E-state index contributed by atoms with van der Waals surface area (Å²) in [5.74, 6) is 1.07. The molecule has 0 spiro atoms. The van der Waals surface area contributed by atoms with Gasteiger partial charge in [0.1, 0.15) is 11.5 Å². The lowest BCUT2D eigenvalue weighted by Crippen LogP contribution is -2.15. The Hall–Kier alpha value is -2.05. The Morgan fingerprint density at radius 2 is 1.90 bits per heavy atom. The number of aliphatic hydroxyl groups excluding tert-OH is 1. The first-order valence-electron chi connectivity index (χ1n) is 6.29. The number of nitrogens with two attached hydrogens (primary N) is 1. The van der Waals surface area contributed by atoms with E-state index in [1.807, 2.05) is 24.3 Å². The van der Waals surface area contributed by atoms with Crippen LogP contribution in [0.4, 0.5) is 0 Å². The largest absolute Gasteiger partial charge is 0.457 e. The zero-order chi connectivity index (χ0) is 15.2. The number of hydrogen-bond acceptors (Lipinski definition) is 4. The maximum absolute atomic E-state index is 8.89. The summed E-state index contributed by atoms with van der Waals surface area (Å²) in [6.07, 6.45) is 0.604. The van der Waals surface area contributed by atoms with E-state index in [9.17, 15) is 0 Å². The molecule has 2 aromatic rings. The van der Waals surface area contributed by atoms with Gasteiger partial charge in [-0.1, -0.05) is 23.4 Å². The van der Waals surface area contributed by atoms with E-state index in [2.05, 4.69) is 21.1 Å². The molecule has 0 saturated heterocycles. The molecule has 110 valence electrons. The molecule has 0 radical (unpaired) electrons. The normalized spacial score (nSPS) is 11.4. The van der Waals surface area contributed by atoms with Gasteiger partial charge in [-0.15, -0.1) is 0 Å². The number of rotatable bonds is 5. The van der Waals surface area contributed by atoms with E-state index in [-0.39, 0.29) is 12.4 Å². The molecular formula is C15H15BrN2O3. The highest BCUT2D eigenvalue weighted by Gasteiger charge is 2.13. The number of amidine groups is 1. The van der Waals surface area contributed by atoms with Gasteiger partial charge in [0.25, 0.3) is 0 Å². The molecule has 0 fully saturated rings. The molecule has 0 bridgehead atoms. The van der Waals surface area contributed by atoms with Gasteiger partial charge in [-0.25, -0.2) is 0 Å². The van der Waals surface area contributed by atoms with Crippen LogP contribution in [0, 0.1) is 0 Å². The summed E-state index contributed by atoms with van der Waals surface area (Å²) in [4.78, 5) is 0. The van der Waals surface area contributed by atoms with Gasteiger partial charge in [0.15, 0.2) is 5.84 Å². The lowest BCUT2D eigenvalue weighted by molar-refractivity contribution is 0.299. The Kier molecular flexibility index (Phi) is 5.19. The van der Waals surface area contributed by atoms with Crippen LogP contribution in [0.3, 0.4) is 0 Å². The van der Waals surface area contributed by atoms with Crippen molar-refractivity contribution in [3.05, 3.63) is 58.1 Å². The van der Waals surface area contributed by atoms with Crippen LogP contribution >= 0.6 is 15.9 Å². The third-order valence-electron chi connectivity index (χ3n) is 2.89. The lowest BCUT2D eigenvalue weighted by atomic mass is 10.1. The number of ether oxygens (including phenoxy) is 1. The van der Waals surface area contributed by atoms with Crippen molar-refractivity contribution >= 4 is 21.8 Å². The molecule has 0 atom stereocenters. The molecule has 0 aliphatic carbocycles. The molecule has 6 heteroatoms. The molecule has 21 heavy (non-hydrogen) atoms. The van der Waals surface area contributed by atoms with Crippen molar-refractivity contribution in [1.29, 1.82) is 0 Å². The summed E-state index contributed by atoms with van der Waals surface area (Å²) in [7, 11) is 0. The summed E-state index contributed by atoms with van der Waals surface area (Å²) in [5, 5.41) is 20.8. The molecule has 2 aromatic carbocycles. The highest BCUT2D eigenvalue weighted by molar-refractivity contribution is 9.10. The number of aliphatic hydroxyl groups is 1. The second-order valence-electron chi connectivity index (χ2n) is 4.32. The Bertz CT molecular complexity index is 642. The zero-order valence-corrected chi connectivity index (χ0v) is 12.7. The van der Waals surface area contributed by atoms with Crippen LogP contribution < -0.4 is 10.5 Å². The summed E-state index contributed by atoms with van der Waals surface area (Å²) < 4.78 is 6.46. The van der Waals surface area contributed by atoms with Crippen LogP contribution in [0.15, 0.2) is 52.1 Å². The Labute approximate surface area is 130 Å². The summed E-state index contributed by atoms with van der Waals surface area (Å²) in [6.45, 7) is 0.111. The third kappa shape index (κ3) is 3.74. The van der Waals surface area contributed by atoms with Crippen molar-refractivity contribution < 1.29 is 15.1 Å². The van der Waals surface area contributed by atoms with Crippen LogP contribution in [-0.2, 0) is 6.42 Å². The van der Waals surface area contributed by atoms with Crippen LogP contribution in [0.2, 0.25) is 0 Å². The van der Waals surface area contributed by atoms with E-state index in [0.29, 0.717) is 28.0 Å². The molecule has 0 heterocycles. The average Bonchev–Trinajstić information content (AvgIpc) is 2.49. The number of nitrogens with zero attached hydrogens (tertiary/aromatic N) is 1. The standard InChI is InChI=1S/C15H15BrN2O3/c16-12-2-1-3-13(14(12)15(17)18-20)21-11-6-4-10(5-7-11)8-9-19/h1-7,19-20H,8-9H2,(H2,17,18). The van der Waals surface area contributed by atoms with E-state index in [1.165, 1.54) is 0 Å². The predicted octanol–water partition coefficient (Wildman–Crippen LogP) is 2.87. The van der Waals surface area contributed by atoms with Crippen LogP contribution in [0.25, 0.3) is 0 Å². The molecule has 0 amide bonds. The van der Waals surface area contributed by atoms with E-state index in [1.54, 1.807) is 18.2 Å². The average molecular weight is 351 g/mol. The Morgan fingerprint density at radius 1 is 1.19 bits per heavy atom. The van der Waals surface area contributed by atoms with Crippen LogP contribution in [-0.4, -0.2) is 22.8 Å². The van der Waals surface area contributed by atoms with E-state index in [0.717, 1.165) is 5.56 Å². The van der Waals surface area contributed by atoms with Gasteiger partial charge >= 0.3 is 0 Å². The smallest absolute Gasteiger partial charge is 0.175 e. The summed E-state index contributed by atoms with van der Waals surface area (Å²) in [5.41, 5.74) is 7.18. The minimum absolute atomic E-state index is 0.0330. The van der Waals surface area contributed by atoms with Crippen molar-refractivity contribution in [3.8, 4) is 11.5 Å². The quantitative estimate of drug-likeness (QED) is 0.335. The summed E-state index contributed by atoms with van der Waals surface area (Å²) in [6, 6.07) is 12.7. The number of halogens is 1. The second kappa shape index (κ2) is 7.10. The Morgan fingerprint density at radius 3 is 2.52 bits per heavy atom. The van der Waals surface area contributed by atoms with Crippen molar-refractivity contribution in [1.82, 2.24) is 0 Å². The molecular weight excluding hydrogens is 336 g/mol. The molecule has 0 aliphatic heterocycles. The first-order chi connectivity index (χ1) is 10.2. The fraction of sp³-hybridized carbons (Fsp3) is 0.133. The predicted molar refractivity (Wildman–Crippen MR) is 84.0 cm³/mol. The molecule has 0 saturated carbocycles.